The van der Waals surface area contributed by atoms with Crippen LogP contribution in [0.3, 0.4) is 0 Å². The number of hydrogen-bond acceptors (Lipinski definition) is 5. The predicted molar refractivity (Wildman–Crippen MR) is 110 cm³/mol. The van der Waals surface area contributed by atoms with Crippen LogP contribution in [0.15, 0.2) is 65.1 Å². The van der Waals surface area contributed by atoms with Gasteiger partial charge in [0.1, 0.15) is 6.10 Å². The standard InChI is InChI=1S/C23H23N3O3/c1-25-13-18(26-21(23(25)29)22(28)19(27)12-24-26)20-16-8-4-2-6-14(16)10-11-15-7-3-5-9-17(15)20/h2-9,12,18-20,27-28H,10-11,13H2,1H3/t18-,19?/m1/s1. The molecular formula is C23H23N3O3. The van der Waals surface area contributed by atoms with Gasteiger partial charge in [-0.15, -0.1) is 0 Å². The highest BCUT2D eigenvalue weighted by atomic mass is 16.3. The van der Waals surface area contributed by atoms with Gasteiger partial charge in [0, 0.05) is 19.5 Å². The lowest BCUT2D eigenvalue weighted by Crippen LogP contribution is -2.55. The van der Waals surface area contributed by atoms with Gasteiger partial charge in [-0.2, -0.15) is 5.10 Å². The lowest BCUT2D eigenvalue weighted by molar-refractivity contribution is -0.132. The Hall–Kier alpha value is -3.12. The first kappa shape index (κ1) is 17.9. The molecule has 0 spiro atoms. The molecule has 2 aromatic carbocycles. The van der Waals surface area contributed by atoms with E-state index in [1.807, 2.05) is 0 Å². The van der Waals surface area contributed by atoms with E-state index in [1.54, 1.807) is 17.0 Å². The SMILES string of the molecule is CN1C[C@H](C2c3ccccc3CCc3ccccc32)N2N=CC(O)C(O)=C2C1=O. The molecule has 0 saturated carbocycles. The van der Waals surface area contributed by atoms with Crippen molar-refractivity contribution in [3.8, 4) is 0 Å². The van der Waals surface area contributed by atoms with Crippen molar-refractivity contribution in [2.45, 2.75) is 30.9 Å². The van der Waals surface area contributed by atoms with Gasteiger partial charge in [0.2, 0.25) is 0 Å². The number of benzene rings is 2. The Labute approximate surface area is 169 Å². The molecule has 1 amide bonds. The van der Waals surface area contributed by atoms with Crippen LogP contribution in [0.4, 0.5) is 0 Å². The van der Waals surface area contributed by atoms with Gasteiger partial charge in [0.05, 0.1) is 12.3 Å². The van der Waals surface area contributed by atoms with E-state index in [0.29, 0.717) is 6.54 Å². The average Bonchev–Trinajstić information content (AvgIpc) is 2.90. The average molecular weight is 389 g/mol. The smallest absolute Gasteiger partial charge is 0.275 e. The molecule has 148 valence electrons. The Morgan fingerprint density at radius 2 is 1.59 bits per heavy atom. The molecule has 0 bridgehead atoms. The number of fused-ring (bicyclic) bond motifs is 3. The summed E-state index contributed by atoms with van der Waals surface area (Å²) in [6.07, 6.45) is 1.95. The van der Waals surface area contributed by atoms with Gasteiger partial charge >= 0.3 is 0 Å². The molecule has 1 aliphatic carbocycles. The van der Waals surface area contributed by atoms with Crippen LogP contribution in [-0.2, 0) is 17.6 Å². The van der Waals surface area contributed by atoms with Crippen molar-refractivity contribution in [2.24, 2.45) is 5.10 Å². The number of hydrazone groups is 1. The Morgan fingerprint density at radius 1 is 1.00 bits per heavy atom. The van der Waals surface area contributed by atoms with Crippen molar-refractivity contribution in [2.75, 3.05) is 13.6 Å². The summed E-state index contributed by atoms with van der Waals surface area (Å²) in [5.41, 5.74) is 5.11. The molecule has 29 heavy (non-hydrogen) atoms. The first-order chi connectivity index (χ1) is 14.1. The van der Waals surface area contributed by atoms with Gasteiger partial charge in [0.25, 0.3) is 5.91 Å². The Morgan fingerprint density at radius 3 is 2.21 bits per heavy atom. The van der Waals surface area contributed by atoms with Crippen LogP contribution in [0.1, 0.15) is 28.2 Å². The molecule has 2 heterocycles. The van der Waals surface area contributed by atoms with Gasteiger partial charge < -0.3 is 15.1 Å². The molecule has 1 unspecified atom stereocenters. The summed E-state index contributed by atoms with van der Waals surface area (Å²) in [6, 6.07) is 16.7. The third-order valence-corrected chi connectivity index (χ3v) is 6.24. The second-order valence-corrected chi connectivity index (χ2v) is 7.92. The van der Waals surface area contributed by atoms with E-state index >= 15 is 0 Å². The lowest BCUT2D eigenvalue weighted by atomic mass is 9.81. The summed E-state index contributed by atoms with van der Waals surface area (Å²) >= 11 is 0. The van der Waals surface area contributed by atoms with Crippen LogP contribution in [0.5, 0.6) is 0 Å². The van der Waals surface area contributed by atoms with Crippen molar-refractivity contribution >= 4 is 12.1 Å². The number of aliphatic hydroxyl groups excluding tert-OH is 2. The summed E-state index contributed by atoms with van der Waals surface area (Å²) in [6.45, 7) is 0.469. The predicted octanol–water partition coefficient (Wildman–Crippen LogP) is 2.19. The first-order valence-corrected chi connectivity index (χ1v) is 9.92. The number of carbonyl (C=O) groups is 1. The highest BCUT2D eigenvalue weighted by molar-refractivity contribution is 5.96. The fraction of sp³-hybridized carbons (Fsp3) is 0.304. The molecule has 2 aromatic rings. The summed E-state index contributed by atoms with van der Waals surface area (Å²) in [4.78, 5) is 14.4. The quantitative estimate of drug-likeness (QED) is 0.784. The van der Waals surface area contributed by atoms with Gasteiger partial charge in [-0.1, -0.05) is 48.5 Å². The lowest BCUT2D eigenvalue weighted by Gasteiger charge is -2.45. The van der Waals surface area contributed by atoms with E-state index in [4.69, 9.17) is 0 Å². The van der Waals surface area contributed by atoms with E-state index in [-0.39, 0.29) is 29.3 Å². The monoisotopic (exact) mass is 389 g/mol. The third-order valence-electron chi connectivity index (χ3n) is 6.24. The second-order valence-electron chi connectivity index (χ2n) is 7.92. The fourth-order valence-electron chi connectivity index (χ4n) is 4.83. The van der Waals surface area contributed by atoms with Crippen molar-refractivity contribution in [1.82, 2.24) is 9.91 Å². The topological polar surface area (TPSA) is 76.4 Å². The molecule has 0 aromatic heterocycles. The number of carbonyl (C=O) groups excluding carboxylic acids is 1. The zero-order chi connectivity index (χ0) is 20.1. The van der Waals surface area contributed by atoms with E-state index in [2.05, 4.69) is 53.6 Å². The summed E-state index contributed by atoms with van der Waals surface area (Å²) in [5, 5.41) is 26.5. The van der Waals surface area contributed by atoms with Crippen molar-refractivity contribution in [3.05, 3.63) is 82.2 Å². The highest BCUT2D eigenvalue weighted by Crippen LogP contribution is 2.41. The highest BCUT2D eigenvalue weighted by Gasteiger charge is 2.45. The minimum absolute atomic E-state index is 0.0179. The minimum Gasteiger partial charge on any atom is -0.507 e. The molecule has 2 aliphatic heterocycles. The maximum atomic E-state index is 12.8. The van der Waals surface area contributed by atoms with E-state index < -0.39 is 6.10 Å². The molecule has 5 rings (SSSR count). The Balaban J connectivity index is 1.71. The van der Waals surface area contributed by atoms with Crippen LogP contribution in [0.2, 0.25) is 0 Å². The number of hydrogen-bond donors (Lipinski definition) is 2. The van der Waals surface area contributed by atoms with Crippen LogP contribution in [0, 0.1) is 0 Å². The zero-order valence-corrected chi connectivity index (χ0v) is 16.2. The van der Waals surface area contributed by atoms with Gasteiger partial charge in [0.15, 0.2) is 11.5 Å². The van der Waals surface area contributed by atoms with Crippen LogP contribution < -0.4 is 0 Å². The first-order valence-electron chi connectivity index (χ1n) is 9.92. The fourth-order valence-corrected chi connectivity index (χ4v) is 4.83. The number of amides is 1. The number of piperazine rings is 1. The number of aliphatic hydroxyl groups is 2. The normalized spacial score (nSPS) is 24.1. The second kappa shape index (κ2) is 6.74. The van der Waals surface area contributed by atoms with Crippen molar-refractivity contribution in [1.29, 1.82) is 0 Å². The molecule has 6 heteroatoms. The van der Waals surface area contributed by atoms with Crippen molar-refractivity contribution < 1.29 is 15.0 Å². The maximum Gasteiger partial charge on any atom is 0.275 e. The number of likely N-dealkylation sites (N-methyl/N-ethyl adjacent to an activating group) is 1. The van der Waals surface area contributed by atoms with Crippen molar-refractivity contribution in [3.63, 3.8) is 0 Å². The summed E-state index contributed by atoms with van der Waals surface area (Å²) in [7, 11) is 1.73. The number of aryl methyl sites for hydroxylation is 2. The minimum atomic E-state index is -1.26. The van der Waals surface area contributed by atoms with Gasteiger partial charge in [-0.3, -0.25) is 9.80 Å². The number of nitrogens with zero attached hydrogens (tertiary/aromatic N) is 3. The largest absolute Gasteiger partial charge is 0.507 e. The Bertz CT molecular complexity index is 998. The van der Waals surface area contributed by atoms with E-state index in [0.717, 1.165) is 12.8 Å². The van der Waals surface area contributed by atoms with Crippen LogP contribution in [0.25, 0.3) is 0 Å². The molecule has 1 fully saturated rings. The van der Waals surface area contributed by atoms with E-state index in [1.165, 1.54) is 28.5 Å². The Kier molecular flexibility index (Phi) is 4.17. The zero-order valence-electron chi connectivity index (χ0n) is 16.2. The molecular weight excluding hydrogens is 366 g/mol. The molecule has 0 radical (unpaired) electrons. The molecule has 6 nitrogen and oxygen atoms in total. The van der Waals surface area contributed by atoms with E-state index in [9.17, 15) is 15.0 Å². The molecule has 3 aliphatic rings. The summed E-state index contributed by atoms with van der Waals surface area (Å²) < 4.78 is 0. The third kappa shape index (κ3) is 2.75. The molecule has 2 N–H and O–H groups in total. The molecule has 2 atom stereocenters. The molecule has 1 saturated heterocycles. The summed E-state index contributed by atoms with van der Waals surface area (Å²) in [5.74, 6) is -0.683. The van der Waals surface area contributed by atoms with Crippen LogP contribution >= 0.6 is 0 Å². The van der Waals surface area contributed by atoms with Gasteiger partial charge in [-0.25, -0.2) is 0 Å². The maximum absolute atomic E-state index is 12.8. The van der Waals surface area contributed by atoms with Gasteiger partial charge in [-0.05, 0) is 35.1 Å². The van der Waals surface area contributed by atoms with Crippen LogP contribution in [-0.4, -0.2) is 58.0 Å². The number of rotatable bonds is 1.